The van der Waals surface area contributed by atoms with Crippen LogP contribution in [-0.4, -0.2) is 21.5 Å². The van der Waals surface area contributed by atoms with Gasteiger partial charge in [-0.3, -0.25) is 19.6 Å². The monoisotopic (exact) mass is 544 g/mol. The molecule has 0 aromatic carbocycles. The van der Waals surface area contributed by atoms with Gasteiger partial charge in [-0.2, -0.15) is 26.3 Å². The standard InChI is InChI=1S/2C6H4F3N.2C5H8O2.Cr/c2*7-6(8,9)5-1-3-10-4-2-5;2*1-4(6)3-5(2)7;/h2*1-4H;2*3,6H,1-2H3;/q;;;;+2/p-2/b;;2*4-3-;. The second-order valence-electron chi connectivity index (χ2n) is 6.20. The molecule has 2 aromatic rings. The number of allylic oxidation sites excluding steroid dienone is 4. The summed E-state index contributed by atoms with van der Waals surface area (Å²) in [5.41, 5.74) is -1.33. The number of carbonyl (C=O) groups is 2. The van der Waals surface area contributed by atoms with Crippen molar-refractivity contribution in [2.75, 3.05) is 0 Å². The van der Waals surface area contributed by atoms with Crippen molar-refractivity contribution in [3.05, 3.63) is 83.9 Å². The van der Waals surface area contributed by atoms with Gasteiger partial charge in [0.15, 0.2) is 11.6 Å². The van der Waals surface area contributed by atoms with Gasteiger partial charge in [0.25, 0.3) is 0 Å². The smallest absolute Gasteiger partial charge is 0.876 e. The number of nitrogens with zero attached hydrogens (tertiary/aromatic N) is 2. The zero-order chi connectivity index (χ0) is 26.9. The van der Waals surface area contributed by atoms with Crippen molar-refractivity contribution in [3.63, 3.8) is 0 Å². The third kappa shape index (κ3) is 23.8. The predicted molar refractivity (Wildman–Crippen MR) is 107 cm³/mol. The number of pyridine rings is 2. The van der Waals surface area contributed by atoms with Crippen LogP contribution in [0.15, 0.2) is 72.7 Å². The maximum Gasteiger partial charge on any atom is 2.00 e. The Kier molecular flexibility index (Phi) is 18.9. The second kappa shape index (κ2) is 18.2. The van der Waals surface area contributed by atoms with Gasteiger partial charge in [-0.25, -0.2) is 0 Å². The Balaban J connectivity index is -0.000000393. The Bertz CT molecular complexity index is 847. The van der Waals surface area contributed by atoms with Crippen molar-refractivity contribution in [1.29, 1.82) is 0 Å². The van der Waals surface area contributed by atoms with E-state index in [4.69, 9.17) is 0 Å². The molecule has 0 aliphatic carbocycles. The number of carbonyl (C=O) groups excluding carboxylic acids is 2. The van der Waals surface area contributed by atoms with Crippen LogP contribution in [0.25, 0.3) is 0 Å². The molecule has 2 heterocycles. The van der Waals surface area contributed by atoms with Crippen LogP contribution in [0.4, 0.5) is 26.3 Å². The quantitative estimate of drug-likeness (QED) is 0.323. The molecular formula is C22H22CrF6N2O4. The van der Waals surface area contributed by atoms with Crippen molar-refractivity contribution < 1.29 is 63.5 Å². The fraction of sp³-hybridized carbons (Fsp3) is 0.273. The van der Waals surface area contributed by atoms with Crippen LogP contribution in [0.5, 0.6) is 0 Å². The summed E-state index contributed by atoms with van der Waals surface area (Å²) in [5, 5.41) is 20.0. The summed E-state index contributed by atoms with van der Waals surface area (Å²) in [4.78, 5) is 26.9. The molecular weight excluding hydrogens is 522 g/mol. The Labute approximate surface area is 209 Å². The third-order valence-electron chi connectivity index (χ3n) is 2.83. The van der Waals surface area contributed by atoms with Crippen molar-refractivity contribution in [3.8, 4) is 0 Å². The number of hydrogen-bond acceptors (Lipinski definition) is 6. The predicted octanol–water partition coefficient (Wildman–Crippen LogP) is 3.88. The van der Waals surface area contributed by atoms with E-state index in [-0.39, 0.29) is 40.4 Å². The minimum atomic E-state index is -4.25. The number of hydrogen-bond donors (Lipinski definition) is 0. The van der Waals surface area contributed by atoms with E-state index in [0.29, 0.717) is 0 Å². The molecule has 13 heteroatoms. The number of halogens is 6. The van der Waals surface area contributed by atoms with Gasteiger partial charge in [-0.05, 0) is 50.3 Å². The molecule has 2 rings (SSSR count). The van der Waals surface area contributed by atoms with Crippen LogP contribution in [-0.2, 0) is 39.3 Å². The Morgan fingerprint density at radius 1 is 0.657 bits per heavy atom. The Hall–Kier alpha value is -3.17. The first-order valence-corrected chi connectivity index (χ1v) is 9.13. The molecule has 0 N–H and O–H groups in total. The van der Waals surface area contributed by atoms with E-state index in [1.54, 1.807) is 0 Å². The summed E-state index contributed by atoms with van der Waals surface area (Å²) in [5.74, 6) is -0.750. The summed E-state index contributed by atoms with van der Waals surface area (Å²) >= 11 is 0. The Morgan fingerprint density at radius 2 is 0.886 bits per heavy atom. The van der Waals surface area contributed by atoms with E-state index in [2.05, 4.69) is 9.97 Å². The number of alkyl halides is 6. The zero-order valence-corrected chi connectivity index (χ0v) is 20.3. The summed E-state index contributed by atoms with van der Waals surface area (Å²) < 4.78 is 70.6. The molecule has 6 nitrogen and oxygen atoms in total. The molecule has 35 heavy (non-hydrogen) atoms. The van der Waals surface area contributed by atoms with Crippen LogP contribution in [0.3, 0.4) is 0 Å². The van der Waals surface area contributed by atoms with Gasteiger partial charge in [0, 0.05) is 24.8 Å². The zero-order valence-electron chi connectivity index (χ0n) is 19.0. The summed E-state index contributed by atoms with van der Waals surface area (Å²) in [6.07, 6.45) is -1.93. The van der Waals surface area contributed by atoms with Gasteiger partial charge in [0.2, 0.25) is 0 Å². The largest absolute Gasteiger partial charge is 2.00 e. The molecule has 0 spiro atoms. The molecule has 0 amide bonds. The van der Waals surface area contributed by atoms with Gasteiger partial charge in [0.1, 0.15) is 0 Å². The molecule has 0 saturated heterocycles. The molecule has 0 aliphatic heterocycles. The number of rotatable bonds is 2. The fourth-order valence-corrected chi connectivity index (χ4v) is 1.65. The molecule has 0 fully saturated rings. The summed E-state index contributed by atoms with van der Waals surface area (Å²) in [6, 6.07) is 3.72. The fourth-order valence-electron chi connectivity index (χ4n) is 1.65. The van der Waals surface area contributed by atoms with E-state index in [1.807, 2.05) is 0 Å². The van der Waals surface area contributed by atoms with Crippen molar-refractivity contribution >= 4 is 11.6 Å². The van der Waals surface area contributed by atoms with Crippen molar-refractivity contribution in [2.45, 2.75) is 40.0 Å². The van der Waals surface area contributed by atoms with Crippen molar-refractivity contribution in [2.24, 2.45) is 0 Å². The van der Waals surface area contributed by atoms with E-state index in [9.17, 15) is 46.1 Å². The van der Waals surface area contributed by atoms with Crippen LogP contribution < -0.4 is 10.2 Å². The second-order valence-corrected chi connectivity index (χ2v) is 6.20. The van der Waals surface area contributed by atoms with Crippen LogP contribution in [0.1, 0.15) is 38.8 Å². The molecule has 0 aliphatic rings. The molecule has 192 valence electrons. The van der Waals surface area contributed by atoms with Crippen LogP contribution >= 0.6 is 0 Å². The molecule has 0 bridgehead atoms. The van der Waals surface area contributed by atoms with E-state index < -0.39 is 23.5 Å². The molecule has 0 unspecified atom stereocenters. The average molecular weight is 544 g/mol. The number of ketones is 2. The minimum absolute atomic E-state index is 0. The molecule has 2 aromatic heterocycles. The topological polar surface area (TPSA) is 106 Å². The first-order chi connectivity index (χ1) is 15.5. The van der Waals surface area contributed by atoms with Crippen LogP contribution in [0, 0.1) is 0 Å². The minimum Gasteiger partial charge on any atom is -0.876 e. The maximum atomic E-state index is 11.8. The molecule has 0 saturated carbocycles. The van der Waals surface area contributed by atoms with Crippen LogP contribution in [0.2, 0.25) is 0 Å². The SMILES string of the molecule is CC(=O)/C=C(/C)[O-].CC(=O)/C=C(/C)[O-].FC(F)(F)c1ccncc1.FC(F)(F)c1ccncc1.[Cr+2]. The van der Waals surface area contributed by atoms with E-state index in [0.717, 1.165) is 61.2 Å². The summed E-state index contributed by atoms with van der Waals surface area (Å²) in [7, 11) is 0. The van der Waals surface area contributed by atoms with E-state index >= 15 is 0 Å². The third-order valence-corrected chi connectivity index (χ3v) is 2.83. The normalized spacial score (nSPS) is 11.1. The van der Waals surface area contributed by atoms with E-state index in [1.165, 1.54) is 27.7 Å². The van der Waals surface area contributed by atoms with Gasteiger partial charge >= 0.3 is 29.7 Å². The number of aromatic nitrogens is 2. The first-order valence-electron chi connectivity index (χ1n) is 9.13. The molecule has 0 radical (unpaired) electrons. The van der Waals surface area contributed by atoms with Gasteiger partial charge in [-0.1, -0.05) is 13.8 Å². The van der Waals surface area contributed by atoms with Gasteiger partial charge in [0.05, 0.1) is 11.1 Å². The average Bonchev–Trinajstić information content (AvgIpc) is 2.67. The van der Waals surface area contributed by atoms with Gasteiger partial charge < -0.3 is 10.2 Å². The van der Waals surface area contributed by atoms with Crippen molar-refractivity contribution in [1.82, 2.24) is 9.97 Å². The summed E-state index contributed by atoms with van der Waals surface area (Å²) in [6.45, 7) is 5.39. The van der Waals surface area contributed by atoms with Gasteiger partial charge in [-0.15, -0.1) is 11.5 Å². The first kappa shape index (κ1) is 36.4. The maximum absolute atomic E-state index is 11.8. The Morgan fingerprint density at radius 3 is 0.971 bits per heavy atom. The molecule has 0 atom stereocenters.